The van der Waals surface area contributed by atoms with Crippen molar-refractivity contribution in [1.29, 1.82) is 0 Å². The monoisotopic (exact) mass is 414 g/mol. The maximum atomic E-state index is 13.6. The number of imide groups is 1. The fraction of sp³-hybridized carbons (Fsp3) is 0.708. The number of urea groups is 1. The smallest absolute Gasteiger partial charge is 0.309 e. The van der Waals surface area contributed by atoms with E-state index in [0.717, 1.165) is 51.6 Å². The van der Waals surface area contributed by atoms with Gasteiger partial charge in [-0.2, -0.15) is 0 Å². The largest absolute Gasteiger partial charge is 0.327 e. The number of aryl methyl sites for hydroxylation is 1. The third-order valence-electron chi connectivity index (χ3n) is 6.99. The summed E-state index contributed by atoms with van der Waals surface area (Å²) in [6.07, 6.45) is 8.75. The second kappa shape index (κ2) is 9.90. The van der Waals surface area contributed by atoms with Crippen LogP contribution < -0.4 is 0 Å². The molecule has 1 aromatic heterocycles. The van der Waals surface area contributed by atoms with E-state index >= 15 is 0 Å². The summed E-state index contributed by atoms with van der Waals surface area (Å²) in [5, 5.41) is 0. The van der Waals surface area contributed by atoms with Gasteiger partial charge < -0.3 is 9.80 Å². The fourth-order valence-electron chi connectivity index (χ4n) is 4.74. The van der Waals surface area contributed by atoms with Gasteiger partial charge in [0, 0.05) is 44.6 Å². The van der Waals surface area contributed by atoms with Crippen LogP contribution in [-0.4, -0.2) is 69.4 Å². The lowest BCUT2D eigenvalue weighted by Gasteiger charge is -2.44. The van der Waals surface area contributed by atoms with Crippen LogP contribution in [0.4, 0.5) is 4.79 Å². The molecule has 2 fully saturated rings. The van der Waals surface area contributed by atoms with Crippen molar-refractivity contribution >= 4 is 11.9 Å². The number of aromatic nitrogens is 1. The number of piperidine rings is 1. The molecule has 6 nitrogen and oxygen atoms in total. The van der Waals surface area contributed by atoms with E-state index in [4.69, 9.17) is 0 Å². The van der Waals surface area contributed by atoms with Crippen LogP contribution in [0, 0.1) is 5.92 Å². The number of hydrogen-bond donors (Lipinski definition) is 0. The number of nitrogens with zero attached hydrogens (tertiary/aromatic N) is 4. The molecule has 6 heteroatoms. The van der Waals surface area contributed by atoms with Crippen molar-refractivity contribution in [3.05, 3.63) is 30.1 Å². The van der Waals surface area contributed by atoms with Crippen molar-refractivity contribution < 1.29 is 9.59 Å². The predicted molar refractivity (Wildman–Crippen MR) is 119 cm³/mol. The molecule has 3 amide bonds. The van der Waals surface area contributed by atoms with Gasteiger partial charge in [-0.1, -0.05) is 20.8 Å². The lowest BCUT2D eigenvalue weighted by atomic mass is 9.84. The summed E-state index contributed by atoms with van der Waals surface area (Å²) in [5.41, 5.74) is 0.560. The molecule has 2 aliphatic rings. The lowest BCUT2D eigenvalue weighted by Crippen LogP contribution is -2.57. The van der Waals surface area contributed by atoms with Gasteiger partial charge >= 0.3 is 6.03 Å². The lowest BCUT2D eigenvalue weighted by molar-refractivity contribution is -0.136. The third kappa shape index (κ3) is 4.69. The van der Waals surface area contributed by atoms with E-state index < -0.39 is 5.54 Å². The van der Waals surface area contributed by atoms with E-state index in [0.29, 0.717) is 25.0 Å². The summed E-state index contributed by atoms with van der Waals surface area (Å²) >= 11 is 0. The number of hydrogen-bond acceptors (Lipinski definition) is 4. The highest BCUT2D eigenvalue weighted by molar-refractivity contribution is 6.07. The normalized spacial score (nSPS) is 20.6. The van der Waals surface area contributed by atoms with Crippen LogP contribution in [0.2, 0.25) is 0 Å². The van der Waals surface area contributed by atoms with E-state index in [9.17, 15) is 9.59 Å². The molecule has 166 valence electrons. The van der Waals surface area contributed by atoms with E-state index in [2.05, 4.69) is 37.6 Å². The van der Waals surface area contributed by atoms with Crippen LogP contribution in [0.15, 0.2) is 24.5 Å². The molecule has 2 aliphatic heterocycles. The summed E-state index contributed by atoms with van der Waals surface area (Å²) in [4.78, 5) is 36.9. The van der Waals surface area contributed by atoms with E-state index in [-0.39, 0.29) is 11.9 Å². The molecule has 3 rings (SSSR count). The first-order valence-corrected chi connectivity index (χ1v) is 11.7. The zero-order valence-electron chi connectivity index (χ0n) is 19.1. The first-order valence-electron chi connectivity index (χ1n) is 11.7. The predicted octanol–water partition coefficient (Wildman–Crippen LogP) is 3.96. The van der Waals surface area contributed by atoms with Gasteiger partial charge in [0.1, 0.15) is 5.54 Å². The summed E-state index contributed by atoms with van der Waals surface area (Å²) in [5.74, 6) is 0.542. The van der Waals surface area contributed by atoms with Crippen LogP contribution in [0.5, 0.6) is 0 Å². The molecule has 0 bridgehead atoms. The van der Waals surface area contributed by atoms with Crippen molar-refractivity contribution in [3.63, 3.8) is 0 Å². The van der Waals surface area contributed by atoms with Crippen molar-refractivity contribution in [2.45, 2.75) is 77.8 Å². The topological polar surface area (TPSA) is 56.8 Å². The molecular weight excluding hydrogens is 376 g/mol. The highest BCUT2D eigenvalue weighted by atomic mass is 16.2. The molecule has 30 heavy (non-hydrogen) atoms. The molecule has 0 radical (unpaired) electrons. The van der Waals surface area contributed by atoms with Gasteiger partial charge in [-0.3, -0.25) is 14.7 Å². The zero-order valence-corrected chi connectivity index (χ0v) is 19.1. The van der Waals surface area contributed by atoms with Gasteiger partial charge in [0.25, 0.3) is 5.91 Å². The van der Waals surface area contributed by atoms with Gasteiger partial charge in [-0.05, 0) is 69.1 Å². The molecule has 0 aliphatic carbocycles. The van der Waals surface area contributed by atoms with Crippen molar-refractivity contribution in [3.8, 4) is 0 Å². The molecule has 1 atom stereocenters. The fourth-order valence-corrected chi connectivity index (χ4v) is 4.74. The van der Waals surface area contributed by atoms with Gasteiger partial charge in [0.2, 0.25) is 0 Å². The molecule has 2 saturated heterocycles. The quantitative estimate of drug-likeness (QED) is 0.574. The van der Waals surface area contributed by atoms with Crippen LogP contribution in [0.3, 0.4) is 0 Å². The second-order valence-corrected chi connectivity index (χ2v) is 9.36. The Morgan fingerprint density at radius 1 is 1.07 bits per heavy atom. The van der Waals surface area contributed by atoms with Crippen LogP contribution in [-0.2, 0) is 11.2 Å². The Kier molecular flexibility index (Phi) is 7.50. The van der Waals surface area contributed by atoms with Gasteiger partial charge in [0.05, 0.1) is 0 Å². The van der Waals surface area contributed by atoms with Crippen LogP contribution in [0.25, 0.3) is 0 Å². The molecule has 3 heterocycles. The molecule has 0 N–H and O–H groups in total. The average molecular weight is 415 g/mol. The Morgan fingerprint density at radius 3 is 2.33 bits per heavy atom. The summed E-state index contributed by atoms with van der Waals surface area (Å²) in [6.45, 7) is 11.7. The van der Waals surface area contributed by atoms with Gasteiger partial charge in [-0.25, -0.2) is 4.79 Å². The number of likely N-dealkylation sites (tertiary alicyclic amines) is 1. The number of pyridine rings is 1. The Balaban J connectivity index is 1.71. The first kappa shape index (κ1) is 22.7. The number of carbonyl (C=O) groups is 2. The Labute approximate surface area is 181 Å². The zero-order chi connectivity index (χ0) is 21.7. The van der Waals surface area contributed by atoms with E-state index in [1.807, 2.05) is 17.0 Å². The minimum atomic E-state index is -0.632. The molecule has 1 spiro atoms. The van der Waals surface area contributed by atoms with Crippen LogP contribution in [0.1, 0.15) is 65.4 Å². The third-order valence-corrected chi connectivity index (χ3v) is 6.99. The molecule has 0 saturated carbocycles. The second-order valence-electron chi connectivity index (χ2n) is 9.36. The number of amides is 3. The van der Waals surface area contributed by atoms with Crippen molar-refractivity contribution in [2.24, 2.45) is 5.92 Å². The Hall–Kier alpha value is -1.95. The minimum Gasteiger partial charge on any atom is -0.309 e. The van der Waals surface area contributed by atoms with Crippen molar-refractivity contribution in [1.82, 2.24) is 19.7 Å². The van der Waals surface area contributed by atoms with E-state index in [1.54, 1.807) is 17.3 Å². The maximum Gasteiger partial charge on any atom is 0.327 e. The minimum absolute atomic E-state index is 0.0368. The Morgan fingerprint density at radius 2 is 1.73 bits per heavy atom. The Bertz CT molecular complexity index is 713. The van der Waals surface area contributed by atoms with E-state index in [1.165, 1.54) is 5.56 Å². The average Bonchev–Trinajstić information content (AvgIpc) is 2.94. The number of carbonyl (C=O) groups excluding carboxylic acids is 2. The van der Waals surface area contributed by atoms with Gasteiger partial charge in [-0.15, -0.1) is 0 Å². The standard InChI is InChI=1S/C24H38N4O2/c1-5-20(4)26-17-11-24(12-18-26)22(29)27(23(30)28(24)16-10-19(2)3)15-6-7-21-8-13-25-14-9-21/h8-9,13-14,19-20H,5-7,10-12,15-18H2,1-4H3/t20-/m0/s1. The SMILES string of the molecule is CC[C@H](C)N1CCC2(CC1)C(=O)N(CCCc1ccncc1)C(=O)N2CCC(C)C. The number of rotatable bonds is 9. The first-order chi connectivity index (χ1) is 14.4. The van der Waals surface area contributed by atoms with Gasteiger partial charge in [0.15, 0.2) is 0 Å². The molecule has 1 aromatic rings. The molecule has 0 aromatic carbocycles. The summed E-state index contributed by atoms with van der Waals surface area (Å²) in [6, 6.07) is 4.44. The maximum absolute atomic E-state index is 13.6. The van der Waals surface area contributed by atoms with Crippen molar-refractivity contribution in [2.75, 3.05) is 26.2 Å². The highest BCUT2D eigenvalue weighted by Crippen LogP contribution is 2.38. The summed E-state index contributed by atoms with van der Waals surface area (Å²) in [7, 11) is 0. The highest BCUT2D eigenvalue weighted by Gasteiger charge is 2.57. The molecular formula is C24H38N4O2. The molecule has 0 unspecified atom stereocenters. The summed E-state index contributed by atoms with van der Waals surface area (Å²) < 4.78 is 0. The van der Waals surface area contributed by atoms with Crippen LogP contribution >= 0.6 is 0 Å².